The molecule has 5 heteroatoms. The monoisotopic (exact) mass is 251 g/mol. The topological polar surface area (TPSA) is 50.9 Å². The van der Waals surface area contributed by atoms with Crippen LogP contribution in [0.2, 0.25) is 0 Å². The van der Waals surface area contributed by atoms with Gasteiger partial charge in [-0.05, 0) is 6.07 Å². The van der Waals surface area contributed by atoms with Gasteiger partial charge >= 0.3 is 0 Å². The summed E-state index contributed by atoms with van der Waals surface area (Å²) in [6.07, 6.45) is 0. The zero-order valence-corrected chi connectivity index (χ0v) is 10.5. The maximum absolute atomic E-state index is 13.7. The van der Waals surface area contributed by atoms with Gasteiger partial charge in [0, 0.05) is 23.2 Å². The molecule has 96 valence electrons. The first-order valence-corrected chi connectivity index (χ1v) is 5.60. The minimum absolute atomic E-state index is 0.201. The molecule has 1 heterocycles. The molecular formula is C13H15F2N3. The summed E-state index contributed by atoms with van der Waals surface area (Å²) in [6, 6.07) is 3.71. The molecule has 1 aromatic heterocycles. The summed E-state index contributed by atoms with van der Waals surface area (Å²) in [6.45, 7) is 5.91. The third kappa shape index (κ3) is 2.13. The molecule has 0 amide bonds. The van der Waals surface area contributed by atoms with E-state index < -0.39 is 11.6 Å². The quantitative estimate of drug-likeness (QED) is 0.605. The number of hydrogen-bond donors (Lipinski definition) is 2. The number of halogens is 2. The van der Waals surface area contributed by atoms with Crippen molar-refractivity contribution in [1.82, 2.24) is 4.98 Å². The van der Waals surface area contributed by atoms with E-state index in [4.69, 9.17) is 5.84 Å². The first-order valence-electron chi connectivity index (χ1n) is 5.60. The molecule has 0 atom stereocenters. The number of nitrogens with two attached hydrogens (primary N) is 1. The standard InChI is InChI=1S/C13H15F2N3/c1-13(2,3)11-6-10(18-16)12-8(15)4-7(14)5-9(12)17-11/h4-6H,16H2,1-3H3,(H,17,18). The van der Waals surface area contributed by atoms with E-state index in [1.54, 1.807) is 6.07 Å². The summed E-state index contributed by atoms with van der Waals surface area (Å²) in [5.41, 5.74) is 3.58. The zero-order valence-electron chi connectivity index (χ0n) is 10.5. The van der Waals surface area contributed by atoms with Crippen molar-refractivity contribution in [1.29, 1.82) is 0 Å². The fourth-order valence-corrected chi connectivity index (χ4v) is 1.78. The lowest BCUT2D eigenvalue weighted by molar-refractivity contribution is 0.569. The number of nitrogen functional groups attached to an aromatic ring is 1. The minimum atomic E-state index is -0.675. The van der Waals surface area contributed by atoms with Crippen molar-refractivity contribution in [2.45, 2.75) is 26.2 Å². The van der Waals surface area contributed by atoms with Crippen LogP contribution in [0.5, 0.6) is 0 Å². The van der Waals surface area contributed by atoms with Gasteiger partial charge in [0.15, 0.2) is 0 Å². The maximum Gasteiger partial charge on any atom is 0.137 e. The number of nitrogens with zero attached hydrogens (tertiary/aromatic N) is 1. The number of rotatable bonds is 1. The van der Waals surface area contributed by atoms with Crippen LogP contribution in [-0.2, 0) is 5.41 Å². The summed E-state index contributed by atoms with van der Waals surface area (Å²) in [5.74, 6) is 4.07. The Morgan fingerprint density at radius 1 is 1.17 bits per heavy atom. The minimum Gasteiger partial charge on any atom is -0.323 e. The first kappa shape index (κ1) is 12.7. The second kappa shape index (κ2) is 4.17. The number of benzene rings is 1. The van der Waals surface area contributed by atoms with Crippen molar-refractivity contribution in [2.75, 3.05) is 5.43 Å². The molecule has 3 N–H and O–H groups in total. The van der Waals surface area contributed by atoms with Crippen LogP contribution in [0.15, 0.2) is 18.2 Å². The van der Waals surface area contributed by atoms with Crippen LogP contribution in [0, 0.1) is 11.6 Å². The fourth-order valence-electron chi connectivity index (χ4n) is 1.78. The van der Waals surface area contributed by atoms with Crippen LogP contribution in [0.1, 0.15) is 26.5 Å². The van der Waals surface area contributed by atoms with Crippen molar-refractivity contribution in [3.8, 4) is 0 Å². The van der Waals surface area contributed by atoms with E-state index in [9.17, 15) is 8.78 Å². The fraction of sp³-hybridized carbons (Fsp3) is 0.308. The molecule has 2 aromatic rings. The van der Waals surface area contributed by atoms with Crippen molar-refractivity contribution in [2.24, 2.45) is 5.84 Å². The average molecular weight is 251 g/mol. The highest BCUT2D eigenvalue weighted by molar-refractivity contribution is 5.92. The van der Waals surface area contributed by atoms with E-state index in [0.29, 0.717) is 11.4 Å². The third-order valence-corrected chi connectivity index (χ3v) is 2.75. The molecule has 0 saturated carbocycles. The third-order valence-electron chi connectivity index (χ3n) is 2.75. The van der Waals surface area contributed by atoms with Gasteiger partial charge in [-0.1, -0.05) is 20.8 Å². The van der Waals surface area contributed by atoms with Gasteiger partial charge in [0.25, 0.3) is 0 Å². The van der Waals surface area contributed by atoms with E-state index in [-0.39, 0.29) is 16.3 Å². The summed E-state index contributed by atoms with van der Waals surface area (Å²) in [7, 11) is 0. The molecule has 1 aromatic carbocycles. The van der Waals surface area contributed by atoms with E-state index in [0.717, 1.165) is 6.07 Å². The van der Waals surface area contributed by atoms with Crippen LogP contribution >= 0.6 is 0 Å². The smallest absolute Gasteiger partial charge is 0.137 e. The number of anilines is 1. The summed E-state index contributed by atoms with van der Waals surface area (Å²) in [5, 5.41) is 0.201. The number of hydrogen-bond acceptors (Lipinski definition) is 3. The maximum atomic E-state index is 13.7. The Hall–Kier alpha value is -1.75. The summed E-state index contributed by atoms with van der Waals surface area (Å²) >= 11 is 0. The first-order chi connectivity index (χ1) is 8.32. The van der Waals surface area contributed by atoms with E-state index in [1.807, 2.05) is 20.8 Å². The predicted molar refractivity (Wildman–Crippen MR) is 68.2 cm³/mol. The number of aromatic nitrogens is 1. The Morgan fingerprint density at radius 3 is 2.39 bits per heavy atom. The van der Waals surface area contributed by atoms with Gasteiger partial charge in [-0.3, -0.25) is 10.8 Å². The number of nitrogens with one attached hydrogen (secondary N) is 1. The Labute approximate surface area is 104 Å². The van der Waals surface area contributed by atoms with Crippen molar-refractivity contribution in [3.05, 3.63) is 35.5 Å². The Bertz CT molecular complexity index is 603. The summed E-state index contributed by atoms with van der Waals surface area (Å²) in [4.78, 5) is 4.30. The van der Waals surface area contributed by atoms with Gasteiger partial charge in [0.05, 0.1) is 16.6 Å². The van der Waals surface area contributed by atoms with Crippen LogP contribution < -0.4 is 11.3 Å². The lowest BCUT2D eigenvalue weighted by Crippen LogP contribution is -2.16. The van der Waals surface area contributed by atoms with Gasteiger partial charge in [-0.15, -0.1) is 0 Å². The summed E-state index contributed by atoms with van der Waals surface area (Å²) < 4.78 is 27.0. The van der Waals surface area contributed by atoms with Gasteiger partial charge in [0.1, 0.15) is 11.6 Å². The Balaban J connectivity index is 2.84. The molecule has 0 radical (unpaired) electrons. The van der Waals surface area contributed by atoms with Gasteiger partial charge in [-0.25, -0.2) is 8.78 Å². The molecule has 0 aliphatic rings. The number of hydrazine groups is 1. The predicted octanol–water partition coefficient (Wildman–Crippen LogP) is 3.10. The van der Waals surface area contributed by atoms with Gasteiger partial charge < -0.3 is 5.43 Å². The molecule has 0 fully saturated rings. The molecule has 3 nitrogen and oxygen atoms in total. The largest absolute Gasteiger partial charge is 0.323 e. The van der Waals surface area contributed by atoms with Gasteiger partial charge in [0.2, 0.25) is 0 Å². The molecule has 0 spiro atoms. The van der Waals surface area contributed by atoms with Crippen LogP contribution in [0.25, 0.3) is 10.9 Å². The molecule has 2 rings (SSSR count). The van der Waals surface area contributed by atoms with E-state index >= 15 is 0 Å². The van der Waals surface area contributed by atoms with Crippen LogP contribution in [0.4, 0.5) is 14.5 Å². The highest BCUT2D eigenvalue weighted by Crippen LogP contribution is 2.30. The molecule has 0 saturated heterocycles. The lowest BCUT2D eigenvalue weighted by atomic mass is 9.90. The van der Waals surface area contributed by atoms with Crippen LogP contribution in [-0.4, -0.2) is 4.98 Å². The molecule has 18 heavy (non-hydrogen) atoms. The SMILES string of the molecule is CC(C)(C)c1cc(NN)c2c(F)cc(F)cc2n1. The highest BCUT2D eigenvalue weighted by atomic mass is 19.1. The normalized spacial score (nSPS) is 11.9. The van der Waals surface area contributed by atoms with Crippen molar-refractivity contribution in [3.63, 3.8) is 0 Å². The lowest BCUT2D eigenvalue weighted by Gasteiger charge is -2.20. The second-order valence-corrected chi connectivity index (χ2v) is 5.23. The highest BCUT2D eigenvalue weighted by Gasteiger charge is 2.19. The molecular weight excluding hydrogens is 236 g/mol. The molecule has 0 aliphatic heterocycles. The second-order valence-electron chi connectivity index (χ2n) is 5.23. The number of fused-ring (bicyclic) bond motifs is 1. The average Bonchev–Trinajstić information content (AvgIpc) is 2.25. The van der Waals surface area contributed by atoms with Crippen molar-refractivity contribution >= 4 is 16.6 Å². The molecule has 0 bridgehead atoms. The van der Waals surface area contributed by atoms with E-state index in [1.165, 1.54) is 6.07 Å². The molecule has 0 aliphatic carbocycles. The Kier molecular flexibility index (Phi) is 2.94. The van der Waals surface area contributed by atoms with E-state index in [2.05, 4.69) is 10.4 Å². The Morgan fingerprint density at radius 2 is 1.83 bits per heavy atom. The van der Waals surface area contributed by atoms with Gasteiger partial charge in [-0.2, -0.15) is 0 Å². The van der Waals surface area contributed by atoms with Crippen molar-refractivity contribution < 1.29 is 8.78 Å². The zero-order chi connectivity index (χ0) is 13.5. The number of pyridine rings is 1. The molecule has 0 unspecified atom stereocenters. The van der Waals surface area contributed by atoms with Crippen LogP contribution in [0.3, 0.4) is 0 Å².